The van der Waals surface area contributed by atoms with Crippen LogP contribution < -0.4 is 15.8 Å². The Labute approximate surface area is 165 Å². The van der Waals surface area contributed by atoms with Crippen LogP contribution in [0.4, 0.5) is 5.69 Å². The van der Waals surface area contributed by atoms with E-state index in [-0.39, 0.29) is 0 Å². The van der Waals surface area contributed by atoms with Gasteiger partial charge in [-0.15, -0.1) is 0 Å². The van der Waals surface area contributed by atoms with Crippen LogP contribution in [0.15, 0.2) is 42.9 Å². The normalized spacial score (nSPS) is 24.0. The van der Waals surface area contributed by atoms with Crippen molar-refractivity contribution in [1.29, 1.82) is 0 Å². The summed E-state index contributed by atoms with van der Waals surface area (Å²) < 4.78 is 12.5. The van der Waals surface area contributed by atoms with Gasteiger partial charge in [-0.05, 0) is 24.3 Å². The molecule has 1 fully saturated rings. The van der Waals surface area contributed by atoms with E-state index in [9.17, 15) is 15.0 Å². The fraction of sp³-hybridized carbons (Fsp3) is 0.316. The van der Waals surface area contributed by atoms with Crippen molar-refractivity contribution in [2.75, 3.05) is 19.5 Å². The van der Waals surface area contributed by atoms with Crippen molar-refractivity contribution in [2.24, 2.45) is 0 Å². The van der Waals surface area contributed by atoms with Crippen molar-refractivity contribution in [3.63, 3.8) is 0 Å². The molecule has 152 valence electrons. The molecule has 1 saturated heterocycles. The highest BCUT2D eigenvalue weighted by atomic mass is 16.5. The highest BCUT2D eigenvalue weighted by molar-refractivity contribution is 5.94. The van der Waals surface area contributed by atoms with E-state index in [1.807, 2.05) is 0 Å². The molecule has 1 aliphatic rings. The lowest BCUT2D eigenvalue weighted by molar-refractivity contribution is -0.0489. The number of fused-ring (bicyclic) bond motifs is 1. The number of amides is 1. The van der Waals surface area contributed by atoms with Gasteiger partial charge < -0.3 is 30.7 Å². The van der Waals surface area contributed by atoms with Crippen LogP contribution in [0, 0.1) is 0 Å². The monoisotopic (exact) mass is 399 g/mol. The van der Waals surface area contributed by atoms with Gasteiger partial charge in [-0.25, -0.2) is 9.97 Å². The average Bonchev–Trinajstić information content (AvgIpc) is 3.30. The van der Waals surface area contributed by atoms with Crippen molar-refractivity contribution < 1.29 is 24.5 Å². The number of carbonyl (C=O) groups is 1. The minimum atomic E-state index is -1.15. The maximum atomic E-state index is 12.7. The van der Waals surface area contributed by atoms with Gasteiger partial charge >= 0.3 is 0 Å². The zero-order valence-corrected chi connectivity index (χ0v) is 15.6. The molecule has 0 radical (unpaired) electrons. The van der Waals surface area contributed by atoms with Gasteiger partial charge in [0.2, 0.25) is 0 Å². The van der Waals surface area contributed by atoms with E-state index >= 15 is 0 Å². The Balaban J connectivity index is 1.59. The number of nitrogen functional groups attached to an aromatic ring is 1. The maximum Gasteiger partial charge on any atom is 0.251 e. The number of hydrogen-bond donors (Lipinski definition) is 4. The molecule has 29 heavy (non-hydrogen) atoms. The Morgan fingerprint density at radius 1 is 1.38 bits per heavy atom. The molecular formula is C19H21N5O5. The molecule has 0 aliphatic carbocycles. The number of rotatable bonds is 5. The molecule has 1 unspecified atom stereocenters. The number of carbonyl (C=O) groups excluding carboxylic acids is 1. The minimum absolute atomic E-state index is 0.360. The first-order chi connectivity index (χ1) is 14.0. The van der Waals surface area contributed by atoms with E-state index in [1.54, 1.807) is 30.3 Å². The molecule has 4 rings (SSSR count). The summed E-state index contributed by atoms with van der Waals surface area (Å²) in [6.45, 7) is -0.390. The molecular weight excluding hydrogens is 378 g/mol. The third-order valence-electron chi connectivity index (χ3n) is 4.95. The van der Waals surface area contributed by atoms with Crippen LogP contribution in [0.5, 0.6) is 5.75 Å². The number of nitrogens with one attached hydrogen (secondary N) is 1. The van der Waals surface area contributed by atoms with Crippen LogP contribution >= 0.6 is 0 Å². The Bertz CT molecular complexity index is 1040. The fourth-order valence-electron chi connectivity index (χ4n) is 3.44. The number of nitrogens with zero attached hydrogens (tertiary/aromatic N) is 3. The molecule has 3 aromatic rings. The molecule has 0 saturated carbocycles. The summed E-state index contributed by atoms with van der Waals surface area (Å²) in [5.41, 5.74) is 7.63. The number of imidazole rings is 1. The average molecular weight is 399 g/mol. The Hall–Kier alpha value is -3.21. The smallest absolute Gasteiger partial charge is 0.251 e. The van der Waals surface area contributed by atoms with Gasteiger partial charge in [-0.1, -0.05) is 6.07 Å². The molecule has 1 aliphatic heterocycles. The van der Waals surface area contributed by atoms with Crippen molar-refractivity contribution in [3.8, 4) is 5.75 Å². The Kier molecular flexibility index (Phi) is 5.05. The fourth-order valence-corrected chi connectivity index (χ4v) is 3.44. The maximum absolute atomic E-state index is 12.7. The Morgan fingerprint density at radius 3 is 2.97 bits per heavy atom. The first-order valence-corrected chi connectivity index (χ1v) is 8.99. The van der Waals surface area contributed by atoms with E-state index in [1.165, 1.54) is 24.2 Å². The van der Waals surface area contributed by atoms with Crippen LogP contribution in [0.1, 0.15) is 16.6 Å². The van der Waals surface area contributed by atoms with Crippen LogP contribution in [0.2, 0.25) is 0 Å². The van der Waals surface area contributed by atoms with Crippen LogP contribution in [-0.4, -0.2) is 62.6 Å². The second-order valence-corrected chi connectivity index (χ2v) is 6.69. The molecule has 10 heteroatoms. The third-order valence-corrected chi connectivity index (χ3v) is 4.95. The third kappa shape index (κ3) is 3.37. The summed E-state index contributed by atoms with van der Waals surface area (Å²) in [6, 6.07) is 7.40. The van der Waals surface area contributed by atoms with E-state index in [0.29, 0.717) is 28.2 Å². The van der Waals surface area contributed by atoms with Crippen LogP contribution in [-0.2, 0) is 4.74 Å². The first kappa shape index (κ1) is 19.1. The lowest BCUT2D eigenvalue weighted by atomic mass is 10.1. The molecule has 1 amide bonds. The zero-order chi connectivity index (χ0) is 20.5. The second-order valence-electron chi connectivity index (χ2n) is 6.69. The lowest BCUT2D eigenvalue weighted by Crippen LogP contribution is -2.48. The summed E-state index contributed by atoms with van der Waals surface area (Å²) in [5, 5.41) is 23.3. The molecule has 4 atom stereocenters. The van der Waals surface area contributed by atoms with Gasteiger partial charge in [0.1, 0.15) is 23.5 Å². The number of anilines is 1. The summed E-state index contributed by atoms with van der Waals surface area (Å²) in [4.78, 5) is 21.1. The second kappa shape index (κ2) is 7.66. The van der Waals surface area contributed by atoms with E-state index in [0.717, 1.165) is 0 Å². The highest BCUT2D eigenvalue weighted by Gasteiger charge is 2.45. The SMILES string of the molecule is COc1cccc(C(=O)NC2[C@@H](CO)O[C@@H](n3cnc4c(N)ccnc43)[C@H]2O)c1. The van der Waals surface area contributed by atoms with E-state index in [4.69, 9.17) is 15.2 Å². The molecule has 2 aromatic heterocycles. The van der Waals surface area contributed by atoms with Crippen molar-refractivity contribution in [1.82, 2.24) is 19.9 Å². The number of methoxy groups -OCH3 is 1. The summed E-state index contributed by atoms with van der Waals surface area (Å²) in [5.74, 6) is 0.111. The van der Waals surface area contributed by atoms with Gasteiger partial charge in [0.15, 0.2) is 11.9 Å². The van der Waals surface area contributed by atoms with Crippen molar-refractivity contribution in [3.05, 3.63) is 48.4 Å². The molecule has 0 bridgehead atoms. The predicted octanol–water partition coefficient (Wildman–Crippen LogP) is 0.0713. The topological polar surface area (TPSA) is 145 Å². The van der Waals surface area contributed by atoms with Crippen LogP contribution in [0.3, 0.4) is 0 Å². The van der Waals surface area contributed by atoms with Gasteiger partial charge in [0.25, 0.3) is 5.91 Å². The Morgan fingerprint density at radius 2 is 2.21 bits per heavy atom. The summed E-state index contributed by atoms with van der Waals surface area (Å²) >= 11 is 0. The molecule has 1 aromatic carbocycles. The number of nitrogens with two attached hydrogens (primary N) is 1. The molecule has 5 N–H and O–H groups in total. The summed E-state index contributed by atoms with van der Waals surface area (Å²) in [6.07, 6.45) is 0.123. The molecule has 10 nitrogen and oxygen atoms in total. The van der Waals surface area contributed by atoms with E-state index in [2.05, 4.69) is 15.3 Å². The highest BCUT2D eigenvalue weighted by Crippen LogP contribution is 2.32. The predicted molar refractivity (Wildman–Crippen MR) is 103 cm³/mol. The minimum Gasteiger partial charge on any atom is -0.497 e. The summed E-state index contributed by atoms with van der Waals surface area (Å²) in [7, 11) is 1.51. The number of aliphatic hydroxyl groups is 2. The number of benzene rings is 1. The van der Waals surface area contributed by atoms with Gasteiger partial charge in [0.05, 0.1) is 31.8 Å². The number of hydrogen-bond acceptors (Lipinski definition) is 8. The number of pyridine rings is 1. The zero-order valence-electron chi connectivity index (χ0n) is 15.6. The van der Waals surface area contributed by atoms with Gasteiger partial charge in [-0.3, -0.25) is 9.36 Å². The lowest BCUT2D eigenvalue weighted by Gasteiger charge is -2.21. The van der Waals surface area contributed by atoms with Crippen LogP contribution in [0.25, 0.3) is 11.2 Å². The number of ether oxygens (including phenoxy) is 2. The molecule has 3 heterocycles. The number of aromatic nitrogens is 3. The standard InChI is InChI=1S/C19H21N5O5/c1-28-11-4-2-3-10(7-11)18(27)23-15-13(8-25)29-19(16(15)26)24-9-22-14-12(20)5-6-21-17(14)24/h2-7,9,13,15-16,19,25-26H,8H2,1H3,(H2,20,21)(H,23,27)/t13-,15?,16+,19-/m1/s1. The van der Waals surface area contributed by atoms with E-state index < -0.39 is 37.0 Å². The first-order valence-electron chi connectivity index (χ1n) is 8.99. The van der Waals surface area contributed by atoms with Gasteiger partial charge in [-0.2, -0.15) is 0 Å². The quantitative estimate of drug-likeness (QED) is 0.472. The van der Waals surface area contributed by atoms with Crippen molar-refractivity contribution in [2.45, 2.75) is 24.5 Å². The van der Waals surface area contributed by atoms with Crippen molar-refractivity contribution >= 4 is 22.8 Å². The largest absolute Gasteiger partial charge is 0.497 e. The number of aliphatic hydroxyl groups excluding tert-OH is 2. The molecule has 0 spiro atoms. The van der Waals surface area contributed by atoms with Gasteiger partial charge in [0, 0.05) is 11.8 Å².